The first-order valence-electron chi connectivity index (χ1n) is 7.18. The van der Waals surface area contributed by atoms with Crippen LogP contribution in [-0.2, 0) is 0 Å². The van der Waals surface area contributed by atoms with Gasteiger partial charge in [-0.2, -0.15) is 0 Å². The molecule has 1 aromatic heterocycles. The smallest absolute Gasteiger partial charge is 0.191 e. The number of hydrogen-bond acceptors (Lipinski definition) is 6. The fourth-order valence-corrected chi connectivity index (χ4v) is 2.80. The van der Waals surface area contributed by atoms with Crippen LogP contribution in [-0.4, -0.2) is 46.6 Å². The summed E-state index contributed by atoms with van der Waals surface area (Å²) in [4.78, 5) is 11.2. The number of nitrogens with one attached hydrogen (secondary N) is 1. The van der Waals surface area contributed by atoms with E-state index in [0.717, 1.165) is 49.1 Å². The summed E-state index contributed by atoms with van der Waals surface area (Å²) >= 11 is 1.54. The summed E-state index contributed by atoms with van der Waals surface area (Å²) in [5.41, 5.74) is -0.625. The average molecular weight is 296 g/mol. The van der Waals surface area contributed by atoms with E-state index in [1.54, 1.807) is 11.8 Å². The molecule has 2 heterocycles. The topological polar surface area (TPSA) is 61.3 Å². The second-order valence-corrected chi connectivity index (χ2v) is 6.32. The number of rotatable bonds is 5. The Bertz CT molecular complexity index is 453. The molecule has 0 amide bonds. The van der Waals surface area contributed by atoms with Gasteiger partial charge in [-0.15, -0.1) is 0 Å². The quantitative estimate of drug-likeness (QED) is 0.642. The zero-order chi connectivity index (χ0) is 14.6. The highest BCUT2D eigenvalue weighted by atomic mass is 32.2. The van der Waals surface area contributed by atoms with Gasteiger partial charge in [0.2, 0.25) is 0 Å². The molecule has 6 heteroatoms. The second-order valence-electron chi connectivity index (χ2n) is 5.55. The van der Waals surface area contributed by atoms with Crippen LogP contribution in [0.2, 0.25) is 0 Å². The Morgan fingerprint density at radius 3 is 2.95 bits per heavy atom. The van der Waals surface area contributed by atoms with E-state index < -0.39 is 5.60 Å². The van der Waals surface area contributed by atoms with Crippen molar-refractivity contribution in [2.75, 3.05) is 36.1 Å². The molecule has 2 rings (SSSR count). The number of piperidine rings is 1. The highest BCUT2D eigenvalue weighted by Crippen LogP contribution is 2.27. The zero-order valence-corrected chi connectivity index (χ0v) is 13.3. The molecular weight excluding hydrogens is 272 g/mol. The van der Waals surface area contributed by atoms with Gasteiger partial charge in [0.1, 0.15) is 11.6 Å². The minimum atomic E-state index is -0.625. The van der Waals surface area contributed by atoms with E-state index in [1.165, 1.54) is 0 Å². The molecular formula is C14H24N4OS. The van der Waals surface area contributed by atoms with Gasteiger partial charge in [0, 0.05) is 25.7 Å². The summed E-state index contributed by atoms with van der Waals surface area (Å²) in [6, 6.07) is 1.98. The zero-order valence-electron chi connectivity index (χ0n) is 12.5. The lowest BCUT2D eigenvalue weighted by Crippen LogP contribution is -2.46. The van der Waals surface area contributed by atoms with Crippen LogP contribution in [0.5, 0.6) is 0 Å². The van der Waals surface area contributed by atoms with E-state index in [-0.39, 0.29) is 0 Å². The summed E-state index contributed by atoms with van der Waals surface area (Å²) in [7, 11) is 0. The number of anilines is 2. The number of hydrogen-bond donors (Lipinski definition) is 2. The molecule has 112 valence electrons. The summed E-state index contributed by atoms with van der Waals surface area (Å²) in [5.74, 6) is 1.77. The molecule has 1 atom stereocenters. The van der Waals surface area contributed by atoms with Crippen LogP contribution in [0.15, 0.2) is 11.2 Å². The first kappa shape index (κ1) is 15.4. The third kappa shape index (κ3) is 3.99. The lowest BCUT2D eigenvalue weighted by atomic mass is 9.95. The van der Waals surface area contributed by atoms with Crippen LogP contribution in [0.3, 0.4) is 0 Å². The van der Waals surface area contributed by atoms with Crippen molar-refractivity contribution < 1.29 is 5.11 Å². The molecule has 5 nitrogen and oxygen atoms in total. The number of aliphatic hydroxyl groups is 1. The van der Waals surface area contributed by atoms with Crippen molar-refractivity contribution in [2.24, 2.45) is 0 Å². The Morgan fingerprint density at radius 2 is 2.30 bits per heavy atom. The molecule has 0 spiro atoms. The molecule has 2 N–H and O–H groups in total. The van der Waals surface area contributed by atoms with Crippen LogP contribution in [0.4, 0.5) is 11.6 Å². The number of aromatic nitrogens is 2. The molecule has 1 unspecified atom stereocenters. The van der Waals surface area contributed by atoms with Crippen LogP contribution in [0.25, 0.3) is 0 Å². The van der Waals surface area contributed by atoms with Crippen molar-refractivity contribution in [3.63, 3.8) is 0 Å². The Morgan fingerprint density at radius 1 is 1.50 bits per heavy atom. The highest BCUT2D eigenvalue weighted by molar-refractivity contribution is 7.98. The van der Waals surface area contributed by atoms with E-state index >= 15 is 0 Å². The largest absolute Gasteiger partial charge is 0.388 e. The molecule has 0 radical (unpaired) electrons. The van der Waals surface area contributed by atoms with E-state index in [2.05, 4.69) is 27.1 Å². The Labute approximate surface area is 125 Å². The fraction of sp³-hybridized carbons (Fsp3) is 0.714. The third-order valence-electron chi connectivity index (χ3n) is 3.43. The van der Waals surface area contributed by atoms with Gasteiger partial charge in [0.25, 0.3) is 0 Å². The molecule has 20 heavy (non-hydrogen) atoms. The lowest BCUT2D eigenvalue weighted by molar-refractivity contribution is 0.0446. The van der Waals surface area contributed by atoms with Crippen LogP contribution < -0.4 is 10.2 Å². The Kier molecular flexibility index (Phi) is 5.10. The van der Waals surface area contributed by atoms with E-state index in [9.17, 15) is 5.11 Å². The number of thioether (sulfide) groups is 1. The van der Waals surface area contributed by atoms with Crippen molar-refractivity contribution >= 4 is 23.4 Å². The van der Waals surface area contributed by atoms with Crippen molar-refractivity contribution in [1.29, 1.82) is 0 Å². The number of β-amino-alcohol motifs (C(OH)–C–C–N with tert-alkyl or cyclic N) is 1. The van der Waals surface area contributed by atoms with Gasteiger partial charge in [0.15, 0.2) is 5.16 Å². The third-order valence-corrected chi connectivity index (χ3v) is 3.98. The maximum absolute atomic E-state index is 10.2. The Balaban J connectivity index is 2.21. The normalized spacial score (nSPS) is 22.9. The SMILES string of the molecule is CCCNc1cc(N2CCCC(C)(O)C2)nc(SC)n1. The van der Waals surface area contributed by atoms with Gasteiger partial charge in [-0.1, -0.05) is 18.7 Å². The maximum Gasteiger partial charge on any atom is 0.191 e. The molecule has 1 aromatic rings. The molecule has 1 aliphatic heterocycles. The summed E-state index contributed by atoms with van der Waals surface area (Å²) < 4.78 is 0. The van der Waals surface area contributed by atoms with Crippen molar-refractivity contribution in [3.8, 4) is 0 Å². The van der Waals surface area contributed by atoms with Crippen molar-refractivity contribution in [2.45, 2.75) is 43.9 Å². The van der Waals surface area contributed by atoms with Crippen LogP contribution in [0, 0.1) is 0 Å². The van der Waals surface area contributed by atoms with Gasteiger partial charge in [0.05, 0.1) is 5.60 Å². The molecule has 1 aliphatic rings. The van der Waals surface area contributed by atoms with E-state index in [4.69, 9.17) is 0 Å². The van der Waals surface area contributed by atoms with Crippen LogP contribution >= 0.6 is 11.8 Å². The highest BCUT2D eigenvalue weighted by Gasteiger charge is 2.29. The van der Waals surface area contributed by atoms with E-state index in [1.807, 2.05) is 19.2 Å². The van der Waals surface area contributed by atoms with Gasteiger partial charge in [-0.25, -0.2) is 9.97 Å². The van der Waals surface area contributed by atoms with Crippen LogP contribution in [0.1, 0.15) is 33.1 Å². The molecule has 1 fully saturated rings. The fourth-order valence-electron chi connectivity index (χ4n) is 2.43. The summed E-state index contributed by atoms with van der Waals surface area (Å²) in [6.45, 7) is 6.50. The van der Waals surface area contributed by atoms with Crippen molar-refractivity contribution in [1.82, 2.24) is 9.97 Å². The first-order chi connectivity index (χ1) is 9.54. The predicted molar refractivity (Wildman–Crippen MR) is 84.7 cm³/mol. The molecule has 0 bridgehead atoms. The van der Waals surface area contributed by atoms with Gasteiger partial charge in [-0.05, 0) is 32.4 Å². The maximum atomic E-state index is 10.2. The first-order valence-corrected chi connectivity index (χ1v) is 8.41. The standard InChI is InChI=1S/C14H24N4OS/c1-4-7-15-11-9-12(17-13(16-11)20-3)18-8-5-6-14(2,19)10-18/h9,19H,4-8,10H2,1-3H3,(H,15,16,17). The molecule has 0 saturated carbocycles. The van der Waals surface area contributed by atoms with Gasteiger partial charge < -0.3 is 15.3 Å². The second kappa shape index (κ2) is 6.63. The monoisotopic (exact) mass is 296 g/mol. The molecule has 0 aliphatic carbocycles. The Hall–Kier alpha value is -1.01. The van der Waals surface area contributed by atoms with Gasteiger partial charge in [-0.3, -0.25) is 0 Å². The average Bonchev–Trinajstić information content (AvgIpc) is 2.43. The number of nitrogens with zero attached hydrogens (tertiary/aromatic N) is 3. The van der Waals surface area contributed by atoms with Crippen molar-refractivity contribution in [3.05, 3.63) is 6.07 Å². The van der Waals surface area contributed by atoms with Gasteiger partial charge >= 0.3 is 0 Å². The predicted octanol–water partition coefficient (Wildman–Crippen LogP) is 2.37. The molecule has 0 aromatic carbocycles. The minimum Gasteiger partial charge on any atom is -0.388 e. The minimum absolute atomic E-state index is 0.625. The van der Waals surface area contributed by atoms with E-state index in [0.29, 0.717) is 6.54 Å². The summed E-state index contributed by atoms with van der Waals surface area (Å²) in [5, 5.41) is 14.3. The molecule has 1 saturated heterocycles. The summed E-state index contributed by atoms with van der Waals surface area (Å²) in [6.07, 6.45) is 4.88. The lowest BCUT2D eigenvalue weighted by Gasteiger charge is -2.37.